The molecule has 0 N–H and O–H groups in total. The average molecular weight is 316 g/mol. The predicted octanol–water partition coefficient (Wildman–Crippen LogP) is 2.66. The number of alkyl halides is 4. The van der Waals surface area contributed by atoms with Crippen molar-refractivity contribution in [3.05, 3.63) is 11.6 Å². The van der Waals surface area contributed by atoms with E-state index in [0.29, 0.717) is 23.5 Å². The third-order valence-electron chi connectivity index (χ3n) is 1.97. The van der Waals surface area contributed by atoms with Crippen molar-refractivity contribution in [2.75, 3.05) is 6.61 Å². The maximum atomic E-state index is 11.9. The molecule has 0 amide bonds. The lowest BCUT2D eigenvalue weighted by molar-refractivity contribution is -0.177. The highest BCUT2D eigenvalue weighted by Gasteiger charge is 2.27. The third-order valence-corrected chi connectivity index (χ3v) is 2.47. The Labute approximate surface area is 105 Å². The highest BCUT2D eigenvalue weighted by molar-refractivity contribution is 9.08. The Kier molecular flexibility index (Phi) is 5.38. The lowest BCUT2D eigenvalue weighted by Gasteiger charge is -2.09. The van der Waals surface area contributed by atoms with Gasteiger partial charge in [-0.3, -0.25) is 0 Å². The topological polar surface area (TPSA) is 39.9 Å². The van der Waals surface area contributed by atoms with Crippen LogP contribution in [-0.4, -0.2) is 27.5 Å². The first-order chi connectivity index (χ1) is 7.98. The lowest BCUT2D eigenvalue weighted by atomic mass is 10.4. The van der Waals surface area contributed by atoms with E-state index in [4.69, 9.17) is 0 Å². The molecule has 0 fully saturated rings. The number of aromatic nitrogens is 3. The largest absolute Gasteiger partial charge is 0.411 e. The molecule has 0 aliphatic carbocycles. The minimum atomic E-state index is -4.31. The van der Waals surface area contributed by atoms with E-state index >= 15 is 0 Å². The monoisotopic (exact) mass is 315 g/mol. The number of nitrogens with zero attached hydrogens (tertiary/aromatic N) is 3. The van der Waals surface area contributed by atoms with E-state index in [1.54, 1.807) is 4.57 Å². The highest BCUT2D eigenvalue weighted by atomic mass is 79.9. The van der Waals surface area contributed by atoms with E-state index in [1.807, 2.05) is 6.92 Å². The molecule has 0 unspecified atom stereocenters. The summed E-state index contributed by atoms with van der Waals surface area (Å²) in [6, 6.07) is 0. The molecule has 0 atom stereocenters. The SMILES string of the molecule is CCCn1c(CBr)nnc1COCC(F)(F)F. The Bertz CT molecular complexity index is 354. The van der Waals surface area contributed by atoms with Crippen LogP contribution in [0.5, 0.6) is 0 Å². The molecule has 0 aliphatic heterocycles. The molecule has 1 rings (SSSR count). The van der Waals surface area contributed by atoms with Crippen LogP contribution in [0.3, 0.4) is 0 Å². The van der Waals surface area contributed by atoms with Crippen LogP contribution in [0.1, 0.15) is 25.0 Å². The van der Waals surface area contributed by atoms with Crippen molar-refractivity contribution >= 4 is 15.9 Å². The van der Waals surface area contributed by atoms with Crippen molar-refractivity contribution in [2.45, 2.75) is 38.0 Å². The zero-order valence-electron chi connectivity index (χ0n) is 9.30. The minimum absolute atomic E-state index is 0.181. The van der Waals surface area contributed by atoms with Crippen LogP contribution in [0.2, 0.25) is 0 Å². The fourth-order valence-electron chi connectivity index (χ4n) is 1.32. The molecule has 0 aromatic carbocycles. The number of halogens is 4. The summed E-state index contributed by atoms with van der Waals surface area (Å²) in [7, 11) is 0. The second-order valence-electron chi connectivity index (χ2n) is 3.43. The number of hydrogen-bond acceptors (Lipinski definition) is 3. The first kappa shape index (κ1) is 14.4. The maximum absolute atomic E-state index is 11.9. The Morgan fingerprint density at radius 2 is 1.94 bits per heavy atom. The van der Waals surface area contributed by atoms with E-state index in [2.05, 4.69) is 30.9 Å². The standard InChI is InChI=1S/C9H13BrF3N3O/c1-2-3-16-7(4-10)14-15-8(16)5-17-6-9(11,12)13/h2-6H2,1H3. The van der Waals surface area contributed by atoms with Crippen LogP contribution in [0, 0.1) is 0 Å². The highest BCUT2D eigenvalue weighted by Crippen LogP contribution is 2.16. The van der Waals surface area contributed by atoms with Gasteiger partial charge >= 0.3 is 6.18 Å². The van der Waals surface area contributed by atoms with Gasteiger partial charge in [-0.25, -0.2) is 0 Å². The summed E-state index contributed by atoms with van der Waals surface area (Å²) >= 11 is 3.25. The van der Waals surface area contributed by atoms with E-state index < -0.39 is 12.8 Å². The quantitative estimate of drug-likeness (QED) is 0.758. The van der Waals surface area contributed by atoms with E-state index in [1.165, 1.54) is 0 Å². The Balaban J connectivity index is 2.61. The van der Waals surface area contributed by atoms with Gasteiger partial charge in [0.2, 0.25) is 0 Å². The van der Waals surface area contributed by atoms with Crippen LogP contribution < -0.4 is 0 Å². The second kappa shape index (κ2) is 6.34. The van der Waals surface area contributed by atoms with Crippen LogP contribution in [0.15, 0.2) is 0 Å². The van der Waals surface area contributed by atoms with E-state index in [9.17, 15) is 13.2 Å². The summed E-state index contributed by atoms with van der Waals surface area (Å²) in [5, 5.41) is 8.20. The minimum Gasteiger partial charge on any atom is -0.364 e. The molecular formula is C9H13BrF3N3O. The molecular weight excluding hydrogens is 303 g/mol. The first-order valence-electron chi connectivity index (χ1n) is 5.09. The fourth-order valence-corrected chi connectivity index (χ4v) is 1.73. The summed E-state index contributed by atoms with van der Waals surface area (Å²) in [6.07, 6.45) is -3.46. The van der Waals surface area contributed by atoms with E-state index in [0.717, 1.165) is 6.42 Å². The second-order valence-corrected chi connectivity index (χ2v) is 3.99. The molecule has 0 saturated heterocycles. The lowest BCUT2D eigenvalue weighted by Crippen LogP contribution is -2.18. The molecule has 0 aliphatic rings. The zero-order chi connectivity index (χ0) is 12.9. The van der Waals surface area contributed by atoms with Gasteiger partial charge in [0.15, 0.2) is 5.82 Å². The summed E-state index contributed by atoms with van der Waals surface area (Å²) in [5.74, 6) is 1.11. The van der Waals surface area contributed by atoms with Crippen molar-refractivity contribution in [3.63, 3.8) is 0 Å². The summed E-state index contributed by atoms with van der Waals surface area (Å²) < 4.78 is 42.0. The fraction of sp³-hybridized carbons (Fsp3) is 0.778. The Hall–Kier alpha value is -0.630. The molecule has 1 heterocycles. The maximum Gasteiger partial charge on any atom is 0.411 e. The molecule has 0 saturated carbocycles. The van der Waals surface area contributed by atoms with Gasteiger partial charge < -0.3 is 9.30 Å². The van der Waals surface area contributed by atoms with Crippen LogP contribution in [0.25, 0.3) is 0 Å². The van der Waals surface area contributed by atoms with Crippen LogP contribution >= 0.6 is 15.9 Å². The van der Waals surface area contributed by atoms with Crippen molar-refractivity contribution in [2.24, 2.45) is 0 Å². The number of hydrogen-bond donors (Lipinski definition) is 0. The molecule has 0 radical (unpaired) electrons. The number of rotatable bonds is 6. The van der Waals surface area contributed by atoms with Crippen molar-refractivity contribution < 1.29 is 17.9 Å². The smallest absolute Gasteiger partial charge is 0.364 e. The molecule has 0 bridgehead atoms. The van der Waals surface area contributed by atoms with Gasteiger partial charge in [0.1, 0.15) is 19.0 Å². The van der Waals surface area contributed by atoms with Gasteiger partial charge in [-0.15, -0.1) is 10.2 Å². The van der Waals surface area contributed by atoms with Crippen molar-refractivity contribution in [1.82, 2.24) is 14.8 Å². The van der Waals surface area contributed by atoms with Gasteiger partial charge in [0, 0.05) is 6.54 Å². The first-order valence-corrected chi connectivity index (χ1v) is 6.21. The van der Waals surface area contributed by atoms with Crippen LogP contribution in [0.4, 0.5) is 13.2 Å². The van der Waals surface area contributed by atoms with Crippen molar-refractivity contribution in [3.8, 4) is 0 Å². The van der Waals surface area contributed by atoms with Gasteiger partial charge in [-0.1, -0.05) is 22.9 Å². The summed E-state index contributed by atoms with van der Waals surface area (Å²) in [5.41, 5.74) is 0. The molecule has 1 aromatic heterocycles. The van der Waals surface area contributed by atoms with Gasteiger partial charge in [-0.2, -0.15) is 13.2 Å². The Morgan fingerprint density at radius 3 is 2.47 bits per heavy atom. The molecule has 1 aromatic rings. The van der Waals surface area contributed by atoms with Gasteiger partial charge in [-0.05, 0) is 6.42 Å². The number of ether oxygens (including phenoxy) is 1. The Morgan fingerprint density at radius 1 is 1.29 bits per heavy atom. The van der Waals surface area contributed by atoms with Gasteiger partial charge in [0.25, 0.3) is 0 Å². The van der Waals surface area contributed by atoms with Gasteiger partial charge in [0.05, 0.1) is 5.33 Å². The molecule has 98 valence electrons. The summed E-state index contributed by atoms with van der Waals surface area (Å²) in [4.78, 5) is 0. The summed E-state index contributed by atoms with van der Waals surface area (Å²) in [6.45, 7) is 1.19. The molecule has 0 spiro atoms. The third kappa shape index (κ3) is 4.63. The predicted molar refractivity (Wildman–Crippen MR) is 58.7 cm³/mol. The normalized spacial score (nSPS) is 12.1. The molecule has 4 nitrogen and oxygen atoms in total. The zero-order valence-corrected chi connectivity index (χ0v) is 10.9. The van der Waals surface area contributed by atoms with E-state index in [-0.39, 0.29) is 6.61 Å². The van der Waals surface area contributed by atoms with Crippen LogP contribution in [-0.2, 0) is 23.2 Å². The molecule has 8 heteroatoms. The average Bonchev–Trinajstić information content (AvgIpc) is 2.60. The molecule has 17 heavy (non-hydrogen) atoms. The van der Waals surface area contributed by atoms with Crippen molar-refractivity contribution in [1.29, 1.82) is 0 Å².